The Bertz CT molecular complexity index is 1060. The van der Waals surface area contributed by atoms with Crippen LogP contribution in [0.2, 0.25) is 0 Å². The molecule has 1 fully saturated rings. The third kappa shape index (κ3) is 4.44. The highest BCUT2D eigenvalue weighted by Crippen LogP contribution is 2.22. The number of rotatable bonds is 6. The van der Waals surface area contributed by atoms with E-state index in [0.29, 0.717) is 54.9 Å². The molecule has 1 amide bonds. The predicted molar refractivity (Wildman–Crippen MR) is 113 cm³/mol. The van der Waals surface area contributed by atoms with Gasteiger partial charge < -0.3 is 25.7 Å². The summed E-state index contributed by atoms with van der Waals surface area (Å²) < 4.78 is 6.99. The Kier molecular flexibility index (Phi) is 5.66. The molecule has 0 bridgehead atoms. The van der Waals surface area contributed by atoms with Crippen molar-refractivity contribution in [2.75, 3.05) is 36.9 Å². The van der Waals surface area contributed by atoms with Crippen molar-refractivity contribution in [1.29, 1.82) is 5.41 Å². The Balaban J connectivity index is 1.54. The van der Waals surface area contributed by atoms with E-state index in [2.05, 4.69) is 25.7 Å². The summed E-state index contributed by atoms with van der Waals surface area (Å²) in [5.41, 5.74) is 2.56. The van der Waals surface area contributed by atoms with Crippen LogP contribution in [0.5, 0.6) is 0 Å². The number of anilines is 4. The molecule has 10 nitrogen and oxygen atoms in total. The fourth-order valence-corrected chi connectivity index (χ4v) is 3.09. The summed E-state index contributed by atoms with van der Waals surface area (Å²) in [6, 6.07) is 7.23. The first-order valence-electron chi connectivity index (χ1n) is 9.49. The molecular weight excluding hydrogens is 384 g/mol. The van der Waals surface area contributed by atoms with Gasteiger partial charge in [0, 0.05) is 50.0 Å². The van der Waals surface area contributed by atoms with Crippen LogP contribution in [0.15, 0.2) is 42.9 Å². The molecule has 0 saturated carbocycles. The average molecular weight is 406 g/mol. The van der Waals surface area contributed by atoms with Gasteiger partial charge in [-0.2, -0.15) is 10.1 Å². The SMILES string of the molecule is Cn1cc(Nc2ncc(C=N)c(Nc3cccc(C(=O)N4CCOCC4)c3)n2)cn1. The molecule has 3 aromatic rings. The first-order valence-corrected chi connectivity index (χ1v) is 9.49. The van der Waals surface area contributed by atoms with E-state index in [1.54, 1.807) is 34.1 Å². The van der Waals surface area contributed by atoms with Gasteiger partial charge in [0.15, 0.2) is 0 Å². The monoisotopic (exact) mass is 406 g/mol. The fourth-order valence-electron chi connectivity index (χ4n) is 3.09. The number of aryl methyl sites for hydroxylation is 1. The van der Waals surface area contributed by atoms with Gasteiger partial charge in [-0.25, -0.2) is 4.98 Å². The van der Waals surface area contributed by atoms with E-state index >= 15 is 0 Å². The highest BCUT2D eigenvalue weighted by molar-refractivity contribution is 5.95. The van der Waals surface area contributed by atoms with Crippen molar-refractivity contribution in [2.24, 2.45) is 7.05 Å². The van der Waals surface area contributed by atoms with Crippen LogP contribution in [0, 0.1) is 5.41 Å². The van der Waals surface area contributed by atoms with Gasteiger partial charge in [0.25, 0.3) is 5.91 Å². The molecule has 3 heterocycles. The molecular formula is C20H22N8O2. The number of nitrogens with zero attached hydrogens (tertiary/aromatic N) is 5. The lowest BCUT2D eigenvalue weighted by Gasteiger charge is -2.27. The molecule has 0 radical (unpaired) electrons. The zero-order valence-electron chi connectivity index (χ0n) is 16.5. The van der Waals surface area contributed by atoms with Gasteiger partial charge in [0.05, 0.1) is 30.7 Å². The summed E-state index contributed by atoms with van der Waals surface area (Å²) in [6.45, 7) is 2.29. The van der Waals surface area contributed by atoms with Crippen molar-refractivity contribution >= 4 is 35.3 Å². The van der Waals surface area contributed by atoms with Crippen LogP contribution in [0.25, 0.3) is 0 Å². The zero-order valence-corrected chi connectivity index (χ0v) is 16.5. The van der Waals surface area contributed by atoms with Gasteiger partial charge in [-0.3, -0.25) is 9.48 Å². The fraction of sp³-hybridized carbons (Fsp3) is 0.250. The maximum Gasteiger partial charge on any atom is 0.254 e. The van der Waals surface area contributed by atoms with Gasteiger partial charge in [-0.1, -0.05) is 6.07 Å². The van der Waals surface area contributed by atoms with Crippen LogP contribution in [0.3, 0.4) is 0 Å². The van der Waals surface area contributed by atoms with Crippen LogP contribution in [-0.2, 0) is 11.8 Å². The number of carbonyl (C=O) groups is 1. The minimum absolute atomic E-state index is 0.0316. The van der Waals surface area contributed by atoms with Crippen molar-refractivity contribution in [3.8, 4) is 0 Å². The van der Waals surface area contributed by atoms with Gasteiger partial charge in [-0.05, 0) is 18.2 Å². The first-order chi connectivity index (χ1) is 14.6. The largest absolute Gasteiger partial charge is 0.378 e. The van der Waals surface area contributed by atoms with E-state index in [0.717, 1.165) is 5.69 Å². The Morgan fingerprint density at radius 2 is 2.03 bits per heavy atom. The molecule has 154 valence electrons. The molecule has 1 aromatic carbocycles. The lowest BCUT2D eigenvalue weighted by Crippen LogP contribution is -2.40. The number of nitrogens with one attached hydrogen (secondary N) is 3. The molecule has 1 aliphatic heterocycles. The van der Waals surface area contributed by atoms with Crippen LogP contribution in [-0.4, -0.2) is 63.1 Å². The molecule has 10 heteroatoms. The van der Waals surface area contributed by atoms with E-state index in [1.807, 2.05) is 25.4 Å². The number of amides is 1. The minimum Gasteiger partial charge on any atom is -0.378 e. The van der Waals surface area contributed by atoms with Crippen molar-refractivity contribution in [2.45, 2.75) is 0 Å². The average Bonchev–Trinajstić information content (AvgIpc) is 3.19. The molecule has 0 atom stereocenters. The molecule has 0 unspecified atom stereocenters. The van der Waals surface area contributed by atoms with Crippen LogP contribution in [0.1, 0.15) is 15.9 Å². The Morgan fingerprint density at radius 1 is 1.20 bits per heavy atom. The van der Waals surface area contributed by atoms with Crippen molar-refractivity contribution in [1.82, 2.24) is 24.6 Å². The summed E-state index contributed by atoms with van der Waals surface area (Å²) in [5.74, 6) is 0.801. The second-order valence-electron chi connectivity index (χ2n) is 6.78. The minimum atomic E-state index is -0.0316. The van der Waals surface area contributed by atoms with Crippen LogP contribution in [0.4, 0.5) is 23.1 Å². The first kappa shape index (κ1) is 19.5. The molecule has 1 aliphatic rings. The van der Waals surface area contributed by atoms with Gasteiger partial charge in [0.2, 0.25) is 5.95 Å². The van der Waals surface area contributed by atoms with Crippen LogP contribution >= 0.6 is 0 Å². The maximum atomic E-state index is 12.7. The van der Waals surface area contributed by atoms with E-state index in [-0.39, 0.29) is 5.91 Å². The molecule has 0 spiro atoms. The highest BCUT2D eigenvalue weighted by atomic mass is 16.5. The maximum absolute atomic E-state index is 12.7. The van der Waals surface area contributed by atoms with Crippen molar-refractivity contribution in [3.05, 3.63) is 54.0 Å². The molecule has 30 heavy (non-hydrogen) atoms. The number of ether oxygens (including phenoxy) is 1. The normalized spacial score (nSPS) is 13.7. The second-order valence-corrected chi connectivity index (χ2v) is 6.78. The highest BCUT2D eigenvalue weighted by Gasteiger charge is 2.19. The smallest absolute Gasteiger partial charge is 0.254 e. The van der Waals surface area contributed by atoms with Crippen molar-refractivity contribution in [3.63, 3.8) is 0 Å². The molecule has 2 aromatic heterocycles. The van der Waals surface area contributed by atoms with E-state index < -0.39 is 0 Å². The Morgan fingerprint density at radius 3 is 2.77 bits per heavy atom. The third-order valence-electron chi connectivity index (χ3n) is 4.60. The van der Waals surface area contributed by atoms with Crippen LogP contribution < -0.4 is 10.6 Å². The van der Waals surface area contributed by atoms with E-state index in [1.165, 1.54) is 6.21 Å². The summed E-state index contributed by atoms with van der Waals surface area (Å²) >= 11 is 0. The summed E-state index contributed by atoms with van der Waals surface area (Å²) in [5, 5.41) is 18.0. The van der Waals surface area contributed by atoms with Crippen molar-refractivity contribution < 1.29 is 9.53 Å². The quantitative estimate of drug-likeness (QED) is 0.536. The number of carbonyl (C=O) groups excluding carboxylic acids is 1. The number of benzene rings is 1. The van der Waals surface area contributed by atoms with Gasteiger partial charge in [0.1, 0.15) is 5.82 Å². The zero-order chi connectivity index (χ0) is 20.9. The predicted octanol–water partition coefficient (Wildman–Crippen LogP) is 2.17. The summed E-state index contributed by atoms with van der Waals surface area (Å²) in [4.78, 5) is 23.2. The lowest BCUT2D eigenvalue weighted by molar-refractivity contribution is 0.0303. The summed E-state index contributed by atoms with van der Waals surface area (Å²) in [7, 11) is 1.82. The third-order valence-corrected chi connectivity index (χ3v) is 4.60. The van der Waals surface area contributed by atoms with E-state index in [9.17, 15) is 4.79 Å². The standard InChI is InChI=1S/C20H22N8O2/c1-27-13-17(12-23-27)25-20-22-11-15(10-21)18(26-20)24-16-4-2-3-14(9-16)19(29)28-5-7-30-8-6-28/h2-4,9-13,21H,5-8H2,1H3,(H2,22,24,25,26). The molecule has 4 rings (SSSR count). The van der Waals surface area contributed by atoms with E-state index in [4.69, 9.17) is 10.1 Å². The van der Waals surface area contributed by atoms with Gasteiger partial charge >= 0.3 is 0 Å². The topological polar surface area (TPSA) is 121 Å². The molecule has 3 N–H and O–H groups in total. The second kappa shape index (κ2) is 8.70. The number of morpholine rings is 1. The Labute approximate surface area is 173 Å². The number of hydrogen-bond donors (Lipinski definition) is 3. The van der Waals surface area contributed by atoms with Gasteiger partial charge in [-0.15, -0.1) is 0 Å². The Hall–Kier alpha value is -3.79. The molecule has 0 aliphatic carbocycles. The number of aromatic nitrogens is 4. The molecule has 1 saturated heterocycles. The number of hydrogen-bond acceptors (Lipinski definition) is 8. The summed E-state index contributed by atoms with van der Waals surface area (Å²) in [6.07, 6.45) is 6.21. The lowest BCUT2D eigenvalue weighted by atomic mass is 10.1.